The van der Waals surface area contributed by atoms with Gasteiger partial charge in [0.2, 0.25) is 0 Å². The van der Waals surface area contributed by atoms with E-state index in [-0.39, 0.29) is 5.12 Å². The van der Waals surface area contributed by atoms with E-state index in [0.29, 0.717) is 0 Å². The molecule has 1 rings (SSSR count). The first-order valence-corrected chi connectivity index (χ1v) is 6.24. The van der Waals surface area contributed by atoms with Crippen molar-refractivity contribution in [2.24, 2.45) is 0 Å². The fraction of sp³-hybridized carbons (Fsp3) is 0.308. The fourth-order valence-corrected chi connectivity index (χ4v) is 1.83. The van der Waals surface area contributed by atoms with Crippen LogP contribution in [0.3, 0.4) is 0 Å². The van der Waals surface area contributed by atoms with E-state index in [1.807, 2.05) is 19.1 Å². The minimum atomic E-state index is 0.178. The summed E-state index contributed by atoms with van der Waals surface area (Å²) in [6, 6.07) is 5.97. The molecule has 0 radical (unpaired) electrons. The maximum atomic E-state index is 10.7. The van der Waals surface area contributed by atoms with Crippen molar-refractivity contribution in [2.45, 2.75) is 20.3 Å². The Kier molecular flexibility index (Phi) is 5.12. The Hall–Kier alpha value is -1.22. The molecule has 86 valence electrons. The molecule has 0 aliphatic carbocycles. The van der Waals surface area contributed by atoms with Gasteiger partial charge in [-0.15, -0.1) is 0 Å². The van der Waals surface area contributed by atoms with Crippen molar-refractivity contribution in [3.63, 3.8) is 0 Å². The topological polar surface area (TPSA) is 43.1 Å². The molecule has 0 saturated heterocycles. The third-order valence-electron chi connectivity index (χ3n) is 2.19. The van der Waals surface area contributed by atoms with E-state index in [1.54, 1.807) is 6.92 Å². The standard InChI is InChI=1S/C13H17NOS/c1-10-9-12(6-7-13(10)14)5-3-4-8-16-11(2)15/h3,5-7,9H,4,8,14H2,1-2H3. The van der Waals surface area contributed by atoms with E-state index in [0.717, 1.165) is 29.0 Å². The predicted octanol–water partition coefficient (Wildman–Crippen LogP) is 3.26. The number of carbonyl (C=O) groups excluding carboxylic acids is 1. The number of allylic oxidation sites excluding steroid dienone is 1. The zero-order valence-corrected chi connectivity index (χ0v) is 10.5. The van der Waals surface area contributed by atoms with Gasteiger partial charge in [0.05, 0.1) is 0 Å². The first-order valence-electron chi connectivity index (χ1n) is 5.25. The smallest absolute Gasteiger partial charge is 0.185 e. The van der Waals surface area contributed by atoms with E-state index < -0.39 is 0 Å². The van der Waals surface area contributed by atoms with Crippen LogP contribution < -0.4 is 5.73 Å². The van der Waals surface area contributed by atoms with Gasteiger partial charge in [-0.1, -0.05) is 36.0 Å². The zero-order chi connectivity index (χ0) is 12.0. The Morgan fingerprint density at radius 1 is 1.50 bits per heavy atom. The number of hydrogen-bond donors (Lipinski definition) is 1. The lowest BCUT2D eigenvalue weighted by Crippen LogP contribution is -1.89. The maximum absolute atomic E-state index is 10.7. The summed E-state index contributed by atoms with van der Waals surface area (Å²) >= 11 is 1.36. The highest BCUT2D eigenvalue weighted by Crippen LogP contribution is 2.14. The number of nitrogen functional groups attached to an aromatic ring is 1. The Morgan fingerprint density at radius 2 is 2.25 bits per heavy atom. The molecule has 1 aromatic rings. The zero-order valence-electron chi connectivity index (χ0n) is 9.69. The highest BCUT2D eigenvalue weighted by atomic mass is 32.2. The molecule has 0 amide bonds. The van der Waals surface area contributed by atoms with Gasteiger partial charge < -0.3 is 5.73 Å². The van der Waals surface area contributed by atoms with Gasteiger partial charge in [-0.2, -0.15) is 0 Å². The molecule has 0 spiro atoms. The summed E-state index contributed by atoms with van der Waals surface area (Å²) in [6.07, 6.45) is 5.06. The third kappa shape index (κ3) is 4.53. The lowest BCUT2D eigenvalue weighted by Gasteiger charge is -2.00. The number of thioether (sulfide) groups is 1. The number of anilines is 1. The van der Waals surface area contributed by atoms with Crippen molar-refractivity contribution in [1.29, 1.82) is 0 Å². The molecule has 16 heavy (non-hydrogen) atoms. The summed E-state index contributed by atoms with van der Waals surface area (Å²) < 4.78 is 0. The molecule has 0 fully saturated rings. The van der Waals surface area contributed by atoms with Crippen LogP contribution in [0.2, 0.25) is 0 Å². The van der Waals surface area contributed by atoms with Crippen LogP contribution in [0.4, 0.5) is 5.69 Å². The Morgan fingerprint density at radius 3 is 2.88 bits per heavy atom. The molecule has 2 nitrogen and oxygen atoms in total. The minimum absolute atomic E-state index is 0.178. The number of carbonyl (C=O) groups is 1. The molecular formula is C13H17NOS. The van der Waals surface area contributed by atoms with Crippen LogP contribution in [0.25, 0.3) is 6.08 Å². The second-order valence-electron chi connectivity index (χ2n) is 3.65. The van der Waals surface area contributed by atoms with Crippen molar-refractivity contribution in [2.75, 3.05) is 11.5 Å². The molecule has 1 aromatic carbocycles. The summed E-state index contributed by atoms with van der Waals surface area (Å²) in [5.41, 5.74) is 8.81. The number of hydrogen-bond acceptors (Lipinski definition) is 3. The van der Waals surface area contributed by atoms with Crippen LogP contribution >= 0.6 is 11.8 Å². The van der Waals surface area contributed by atoms with Crippen molar-refractivity contribution >= 4 is 28.6 Å². The van der Waals surface area contributed by atoms with Gasteiger partial charge in [0.1, 0.15) is 0 Å². The highest BCUT2D eigenvalue weighted by Gasteiger charge is 1.94. The summed E-state index contributed by atoms with van der Waals surface area (Å²) in [5, 5.41) is 0.178. The van der Waals surface area contributed by atoms with Crippen LogP contribution in [0, 0.1) is 6.92 Å². The monoisotopic (exact) mass is 235 g/mol. The molecule has 0 atom stereocenters. The van der Waals surface area contributed by atoms with Crippen molar-refractivity contribution in [3.05, 3.63) is 35.4 Å². The first kappa shape index (κ1) is 12.8. The van der Waals surface area contributed by atoms with Gasteiger partial charge in [0.15, 0.2) is 5.12 Å². The second kappa shape index (κ2) is 6.38. The third-order valence-corrected chi connectivity index (χ3v) is 3.04. The summed E-state index contributed by atoms with van der Waals surface area (Å²) in [6.45, 7) is 3.59. The first-order chi connectivity index (χ1) is 7.59. The van der Waals surface area contributed by atoms with Crippen molar-refractivity contribution < 1.29 is 4.79 Å². The van der Waals surface area contributed by atoms with E-state index >= 15 is 0 Å². The minimum Gasteiger partial charge on any atom is -0.399 e. The SMILES string of the molecule is CC(=O)SCCC=Cc1ccc(N)c(C)c1. The fourth-order valence-electron chi connectivity index (χ4n) is 1.29. The van der Waals surface area contributed by atoms with Crippen LogP contribution in [-0.4, -0.2) is 10.9 Å². The number of benzene rings is 1. The lowest BCUT2D eigenvalue weighted by atomic mass is 10.1. The van der Waals surface area contributed by atoms with Gasteiger partial charge in [-0.05, 0) is 30.5 Å². The summed E-state index contributed by atoms with van der Waals surface area (Å²) in [7, 11) is 0. The van der Waals surface area contributed by atoms with Crippen molar-refractivity contribution in [3.8, 4) is 0 Å². The molecule has 3 heteroatoms. The molecule has 0 aliphatic heterocycles. The summed E-state index contributed by atoms with van der Waals surface area (Å²) in [5.74, 6) is 0.847. The van der Waals surface area contributed by atoms with E-state index in [9.17, 15) is 4.79 Å². The average molecular weight is 235 g/mol. The van der Waals surface area contributed by atoms with Crippen molar-refractivity contribution in [1.82, 2.24) is 0 Å². The van der Waals surface area contributed by atoms with Gasteiger partial charge in [0.25, 0.3) is 0 Å². The largest absolute Gasteiger partial charge is 0.399 e. The van der Waals surface area contributed by atoms with E-state index in [1.165, 1.54) is 11.8 Å². The molecule has 2 N–H and O–H groups in total. The molecule has 0 unspecified atom stereocenters. The molecule has 0 aliphatic rings. The average Bonchev–Trinajstić information content (AvgIpc) is 2.22. The molecule has 0 aromatic heterocycles. The number of nitrogens with two attached hydrogens (primary N) is 1. The predicted molar refractivity (Wildman–Crippen MR) is 72.4 cm³/mol. The highest BCUT2D eigenvalue weighted by molar-refractivity contribution is 8.13. The van der Waals surface area contributed by atoms with E-state index in [2.05, 4.69) is 18.2 Å². The number of aryl methyl sites for hydroxylation is 1. The van der Waals surface area contributed by atoms with E-state index in [4.69, 9.17) is 5.73 Å². The van der Waals surface area contributed by atoms with Gasteiger partial charge in [-0.25, -0.2) is 0 Å². The van der Waals surface area contributed by atoms with Gasteiger partial charge >= 0.3 is 0 Å². The number of rotatable bonds is 4. The Bertz CT molecular complexity index is 399. The quantitative estimate of drug-likeness (QED) is 0.643. The molecule has 0 saturated carbocycles. The summed E-state index contributed by atoms with van der Waals surface area (Å²) in [4.78, 5) is 10.7. The van der Waals surface area contributed by atoms with Crippen LogP contribution in [0.1, 0.15) is 24.5 Å². The van der Waals surface area contributed by atoms with Gasteiger partial charge in [0, 0.05) is 18.4 Å². The molecule has 0 bridgehead atoms. The lowest BCUT2D eigenvalue weighted by molar-refractivity contribution is -0.109. The Labute approximate surface area is 101 Å². The van der Waals surface area contributed by atoms with Crippen LogP contribution in [0.5, 0.6) is 0 Å². The Balaban J connectivity index is 2.44. The normalized spacial score (nSPS) is 10.9. The second-order valence-corrected chi connectivity index (χ2v) is 4.92. The molecule has 0 heterocycles. The van der Waals surface area contributed by atoms with Gasteiger partial charge in [-0.3, -0.25) is 4.79 Å². The maximum Gasteiger partial charge on any atom is 0.185 e. The molecular weight excluding hydrogens is 218 g/mol. The van der Waals surface area contributed by atoms with Crippen LogP contribution in [-0.2, 0) is 4.79 Å². The van der Waals surface area contributed by atoms with Crippen LogP contribution in [0.15, 0.2) is 24.3 Å².